The molecule has 0 N–H and O–H groups in total. The number of hydrogen-bond donors (Lipinski definition) is 0. The van der Waals surface area contributed by atoms with E-state index in [2.05, 4.69) is 5.16 Å². The maximum absolute atomic E-state index is 12.3. The molecule has 0 atom stereocenters. The third-order valence-electron chi connectivity index (χ3n) is 3.43. The predicted octanol–water partition coefficient (Wildman–Crippen LogP) is 3.95. The van der Waals surface area contributed by atoms with Crippen LogP contribution in [0.2, 0.25) is 5.02 Å². The minimum Gasteiger partial charge on any atom is -0.493 e. The summed E-state index contributed by atoms with van der Waals surface area (Å²) in [6, 6.07) is 10.0. The summed E-state index contributed by atoms with van der Waals surface area (Å²) in [4.78, 5) is 17.3. The summed E-state index contributed by atoms with van der Waals surface area (Å²) >= 11 is 5.85. The molecule has 0 aromatic heterocycles. The van der Waals surface area contributed by atoms with Crippen molar-refractivity contribution in [3.05, 3.63) is 52.5 Å². The van der Waals surface area contributed by atoms with E-state index in [4.69, 9.17) is 30.6 Å². The molecule has 2 aromatic rings. The smallest absolute Gasteiger partial charge is 0.366 e. The van der Waals surface area contributed by atoms with E-state index in [9.17, 15) is 4.79 Å². The Labute approximate surface area is 150 Å². The minimum atomic E-state index is -0.646. The number of carbonyl (C=O) groups excluding carboxylic acids is 1. The maximum atomic E-state index is 12.3. The molecule has 0 aliphatic heterocycles. The Hall–Kier alpha value is -2.73. The zero-order chi connectivity index (χ0) is 18.4. The van der Waals surface area contributed by atoms with Crippen LogP contribution in [0.4, 0.5) is 0 Å². The minimum absolute atomic E-state index is 0.224. The van der Waals surface area contributed by atoms with E-state index in [-0.39, 0.29) is 5.56 Å². The molecule has 0 bridgehead atoms. The zero-order valence-corrected chi connectivity index (χ0v) is 15.1. The number of carbonyl (C=O) groups is 1. The van der Waals surface area contributed by atoms with Crippen molar-refractivity contribution < 1.29 is 23.8 Å². The molecule has 0 aliphatic carbocycles. The predicted molar refractivity (Wildman–Crippen MR) is 95.2 cm³/mol. The quantitative estimate of drug-likeness (QED) is 0.441. The molecule has 2 aromatic carbocycles. The fraction of sp³-hybridized carbons (Fsp3) is 0.222. The van der Waals surface area contributed by atoms with Gasteiger partial charge in [-0.15, -0.1) is 0 Å². The van der Waals surface area contributed by atoms with Gasteiger partial charge >= 0.3 is 5.97 Å². The lowest BCUT2D eigenvalue weighted by molar-refractivity contribution is 0.0515. The van der Waals surface area contributed by atoms with Crippen LogP contribution in [-0.2, 0) is 4.84 Å². The highest BCUT2D eigenvalue weighted by Crippen LogP contribution is 2.38. The van der Waals surface area contributed by atoms with Crippen LogP contribution in [0.3, 0.4) is 0 Å². The highest BCUT2D eigenvalue weighted by molar-refractivity contribution is 6.30. The van der Waals surface area contributed by atoms with Crippen molar-refractivity contribution in [1.29, 1.82) is 0 Å². The summed E-state index contributed by atoms with van der Waals surface area (Å²) in [7, 11) is 4.42. The van der Waals surface area contributed by atoms with Gasteiger partial charge in [0.05, 0.1) is 32.6 Å². The van der Waals surface area contributed by atoms with Crippen LogP contribution in [0.25, 0.3) is 0 Å². The van der Waals surface area contributed by atoms with Gasteiger partial charge < -0.3 is 19.0 Å². The molecule has 2 rings (SSSR count). The number of oxime groups is 1. The largest absolute Gasteiger partial charge is 0.493 e. The van der Waals surface area contributed by atoms with Crippen LogP contribution < -0.4 is 14.2 Å². The second kappa shape index (κ2) is 8.39. The average molecular weight is 364 g/mol. The van der Waals surface area contributed by atoms with Crippen LogP contribution in [0.15, 0.2) is 41.6 Å². The SMILES string of the molecule is COc1cc(C(=O)O/N=C(\C)c2ccc(Cl)cc2)cc(OC)c1OC. The molecule has 0 amide bonds. The molecule has 0 unspecified atom stereocenters. The van der Waals surface area contributed by atoms with E-state index in [1.165, 1.54) is 33.5 Å². The number of nitrogens with zero attached hydrogens (tertiary/aromatic N) is 1. The van der Waals surface area contributed by atoms with Crippen molar-refractivity contribution in [3.63, 3.8) is 0 Å². The molecule has 7 heteroatoms. The van der Waals surface area contributed by atoms with Crippen molar-refractivity contribution >= 4 is 23.3 Å². The lowest BCUT2D eigenvalue weighted by atomic mass is 10.1. The molecule has 0 radical (unpaired) electrons. The third-order valence-corrected chi connectivity index (χ3v) is 3.68. The van der Waals surface area contributed by atoms with Gasteiger partial charge in [0, 0.05) is 5.02 Å². The van der Waals surface area contributed by atoms with Gasteiger partial charge in [-0.1, -0.05) is 28.9 Å². The Kier molecular flexibility index (Phi) is 6.25. The molecule has 0 heterocycles. The van der Waals surface area contributed by atoms with Gasteiger partial charge in [0.15, 0.2) is 11.5 Å². The Morgan fingerprint density at radius 3 is 1.96 bits per heavy atom. The number of ether oxygens (including phenoxy) is 3. The van der Waals surface area contributed by atoms with Crippen molar-refractivity contribution in [2.45, 2.75) is 6.92 Å². The van der Waals surface area contributed by atoms with E-state index in [0.29, 0.717) is 28.0 Å². The van der Waals surface area contributed by atoms with E-state index in [1.807, 2.05) is 0 Å². The molecule has 0 fully saturated rings. The van der Waals surface area contributed by atoms with Crippen molar-refractivity contribution in [2.24, 2.45) is 5.16 Å². The fourth-order valence-electron chi connectivity index (χ4n) is 2.11. The first-order chi connectivity index (χ1) is 12.0. The average Bonchev–Trinajstić information content (AvgIpc) is 2.64. The van der Waals surface area contributed by atoms with Gasteiger partial charge in [-0.25, -0.2) is 4.79 Å². The second-order valence-corrected chi connectivity index (χ2v) is 5.41. The zero-order valence-electron chi connectivity index (χ0n) is 14.3. The van der Waals surface area contributed by atoms with Crippen LogP contribution >= 0.6 is 11.6 Å². The third kappa shape index (κ3) is 4.42. The van der Waals surface area contributed by atoms with E-state index >= 15 is 0 Å². The van der Waals surface area contributed by atoms with Gasteiger partial charge in [0.25, 0.3) is 0 Å². The molecule has 25 heavy (non-hydrogen) atoms. The molecule has 0 saturated carbocycles. The summed E-state index contributed by atoms with van der Waals surface area (Å²) in [5, 5.41) is 4.48. The molecular weight excluding hydrogens is 346 g/mol. The van der Waals surface area contributed by atoms with E-state index in [0.717, 1.165) is 5.56 Å². The van der Waals surface area contributed by atoms with Crippen molar-refractivity contribution in [2.75, 3.05) is 21.3 Å². The van der Waals surface area contributed by atoms with E-state index < -0.39 is 5.97 Å². The van der Waals surface area contributed by atoms with Gasteiger partial charge in [-0.3, -0.25) is 0 Å². The summed E-state index contributed by atoms with van der Waals surface area (Å²) in [6.45, 7) is 1.73. The standard InChI is InChI=1S/C18H18ClNO5/c1-11(12-5-7-14(19)8-6-12)20-25-18(21)13-9-15(22-2)17(24-4)16(10-13)23-3/h5-10H,1-4H3/b20-11+. The van der Waals surface area contributed by atoms with Crippen LogP contribution in [0.1, 0.15) is 22.8 Å². The summed E-state index contributed by atoms with van der Waals surface area (Å²) in [6.07, 6.45) is 0. The second-order valence-electron chi connectivity index (χ2n) is 4.98. The monoisotopic (exact) mass is 363 g/mol. The van der Waals surface area contributed by atoms with Crippen LogP contribution in [0.5, 0.6) is 17.2 Å². The summed E-state index contributed by atoms with van der Waals surface area (Å²) in [5.74, 6) is 0.453. The lowest BCUT2D eigenvalue weighted by Crippen LogP contribution is -2.06. The van der Waals surface area contributed by atoms with Crippen LogP contribution in [-0.4, -0.2) is 33.0 Å². The number of hydrogen-bond acceptors (Lipinski definition) is 6. The highest BCUT2D eigenvalue weighted by Gasteiger charge is 2.18. The summed E-state index contributed by atoms with van der Waals surface area (Å²) in [5.41, 5.74) is 1.56. The normalized spacial score (nSPS) is 11.0. The van der Waals surface area contributed by atoms with Gasteiger partial charge in [0.2, 0.25) is 5.75 Å². The maximum Gasteiger partial charge on any atom is 0.366 e. The molecule has 132 valence electrons. The lowest BCUT2D eigenvalue weighted by Gasteiger charge is -2.13. The Bertz CT molecular complexity index is 762. The number of benzene rings is 2. The van der Waals surface area contributed by atoms with Gasteiger partial charge in [-0.05, 0) is 36.8 Å². The Morgan fingerprint density at radius 1 is 0.920 bits per heavy atom. The molecule has 0 saturated heterocycles. The summed E-state index contributed by atoms with van der Waals surface area (Å²) < 4.78 is 15.6. The van der Waals surface area contributed by atoms with Crippen LogP contribution in [0, 0.1) is 0 Å². The van der Waals surface area contributed by atoms with E-state index in [1.54, 1.807) is 31.2 Å². The van der Waals surface area contributed by atoms with Crippen molar-refractivity contribution in [3.8, 4) is 17.2 Å². The van der Waals surface area contributed by atoms with Gasteiger partial charge in [0.1, 0.15) is 0 Å². The highest BCUT2D eigenvalue weighted by atomic mass is 35.5. The van der Waals surface area contributed by atoms with Gasteiger partial charge in [-0.2, -0.15) is 0 Å². The Balaban J connectivity index is 2.23. The number of rotatable bonds is 6. The molecule has 0 aliphatic rings. The molecule has 6 nitrogen and oxygen atoms in total. The Morgan fingerprint density at radius 2 is 1.48 bits per heavy atom. The first-order valence-corrected chi connectivity index (χ1v) is 7.69. The fourth-order valence-corrected chi connectivity index (χ4v) is 2.23. The molecular formula is C18H18ClNO5. The first-order valence-electron chi connectivity index (χ1n) is 7.32. The number of methoxy groups -OCH3 is 3. The topological polar surface area (TPSA) is 66.4 Å². The number of halogens is 1. The first kappa shape index (κ1) is 18.6. The molecule has 0 spiro atoms. The van der Waals surface area contributed by atoms with Crippen molar-refractivity contribution in [1.82, 2.24) is 0 Å².